The zero-order valence-electron chi connectivity index (χ0n) is 15.1. The summed E-state index contributed by atoms with van der Waals surface area (Å²) in [7, 11) is 0. The topological polar surface area (TPSA) is 75.5 Å². The van der Waals surface area contributed by atoms with Crippen LogP contribution in [0.4, 0.5) is 11.4 Å². The number of carbonyl (C=O) groups excluding carboxylic acids is 1. The van der Waals surface area contributed by atoms with Crippen LogP contribution in [-0.2, 0) is 11.3 Å². The third-order valence-electron chi connectivity index (χ3n) is 5.86. The van der Waals surface area contributed by atoms with Gasteiger partial charge < -0.3 is 10.2 Å². The predicted molar refractivity (Wildman–Crippen MR) is 103 cm³/mol. The third kappa shape index (κ3) is 3.52. The van der Waals surface area contributed by atoms with Crippen LogP contribution in [0.1, 0.15) is 24.8 Å². The molecular formula is C21H23N3O3. The summed E-state index contributed by atoms with van der Waals surface area (Å²) in [5.74, 6) is 0.926. The van der Waals surface area contributed by atoms with Gasteiger partial charge in [0.15, 0.2) is 0 Å². The van der Waals surface area contributed by atoms with E-state index in [1.54, 1.807) is 12.1 Å². The molecule has 3 atom stereocenters. The van der Waals surface area contributed by atoms with Gasteiger partial charge in [-0.25, -0.2) is 0 Å². The van der Waals surface area contributed by atoms with E-state index in [4.69, 9.17) is 0 Å². The van der Waals surface area contributed by atoms with Crippen molar-refractivity contribution in [2.75, 3.05) is 11.4 Å². The van der Waals surface area contributed by atoms with Crippen LogP contribution in [0.2, 0.25) is 0 Å². The number of hydrogen-bond donors (Lipinski definition) is 1. The minimum absolute atomic E-state index is 0.0478. The number of nitro groups is 1. The highest BCUT2D eigenvalue weighted by Crippen LogP contribution is 2.44. The van der Waals surface area contributed by atoms with Crippen LogP contribution in [0.5, 0.6) is 0 Å². The predicted octanol–water partition coefficient (Wildman–Crippen LogP) is 3.52. The van der Waals surface area contributed by atoms with Crippen LogP contribution >= 0.6 is 0 Å². The highest BCUT2D eigenvalue weighted by molar-refractivity contribution is 5.86. The number of rotatable bonds is 5. The summed E-state index contributed by atoms with van der Waals surface area (Å²) in [4.78, 5) is 25.7. The Morgan fingerprint density at radius 1 is 1.11 bits per heavy atom. The third-order valence-corrected chi connectivity index (χ3v) is 5.86. The molecule has 2 aromatic carbocycles. The minimum Gasteiger partial charge on any atom is -0.359 e. The standard InChI is InChI=1S/C21H23N3O3/c25-21(22-13-15-5-2-1-3-6-15)20-19-8-4-7-16(19)14-23(20)17-9-11-18(12-10-17)24(26)27/h1-3,5-6,9-12,16,19-20H,4,7-8,13-14H2,(H,22,25)/t16-,19-,20-/m0/s1. The molecule has 0 unspecified atom stereocenters. The van der Waals surface area contributed by atoms with Gasteiger partial charge in [0.1, 0.15) is 6.04 Å². The van der Waals surface area contributed by atoms with Crippen molar-refractivity contribution in [3.05, 3.63) is 70.3 Å². The maximum Gasteiger partial charge on any atom is 0.269 e. The van der Waals surface area contributed by atoms with E-state index < -0.39 is 4.92 Å². The smallest absolute Gasteiger partial charge is 0.269 e. The fourth-order valence-electron chi connectivity index (χ4n) is 4.56. The SMILES string of the molecule is O=C(NCc1ccccc1)[C@@H]1[C@H]2CCC[C@H]2CN1c1ccc([N+](=O)[O-])cc1. The van der Waals surface area contributed by atoms with Gasteiger partial charge in [-0.3, -0.25) is 14.9 Å². The monoisotopic (exact) mass is 365 g/mol. The molecule has 6 nitrogen and oxygen atoms in total. The van der Waals surface area contributed by atoms with Gasteiger partial charge in [-0.05, 0) is 42.4 Å². The first-order chi connectivity index (χ1) is 13.1. The van der Waals surface area contributed by atoms with Crippen molar-refractivity contribution in [3.63, 3.8) is 0 Å². The molecule has 1 saturated heterocycles. The Labute approximate surface area is 158 Å². The van der Waals surface area contributed by atoms with Crippen molar-refractivity contribution in [3.8, 4) is 0 Å². The molecule has 1 N–H and O–H groups in total. The molecule has 0 bridgehead atoms. The van der Waals surface area contributed by atoms with Crippen LogP contribution in [-0.4, -0.2) is 23.4 Å². The average molecular weight is 365 g/mol. The van der Waals surface area contributed by atoms with E-state index in [2.05, 4.69) is 10.2 Å². The van der Waals surface area contributed by atoms with Gasteiger partial charge in [-0.1, -0.05) is 36.8 Å². The van der Waals surface area contributed by atoms with Gasteiger partial charge in [-0.2, -0.15) is 0 Å². The molecular weight excluding hydrogens is 342 g/mol. The highest BCUT2D eigenvalue weighted by Gasteiger charge is 2.47. The Balaban J connectivity index is 1.53. The lowest BCUT2D eigenvalue weighted by molar-refractivity contribution is -0.384. The molecule has 1 saturated carbocycles. The van der Waals surface area contributed by atoms with Gasteiger partial charge >= 0.3 is 0 Å². The van der Waals surface area contributed by atoms with Gasteiger partial charge in [-0.15, -0.1) is 0 Å². The first kappa shape index (κ1) is 17.5. The van der Waals surface area contributed by atoms with Gasteiger partial charge in [0.05, 0.1) is 4.92 Å². The molecule has 0 radical (unpaired) electrons. The summed E-state index contributed by atoms with van der Waals surface area (Å²) < 4.78 is 0. The summed E-state index contributed by atoms with van der Waals surface area (Å²) in [6.45, 7) is 1.35. The lowest BCUT2D eigenvalue weighted by Gasteiger charge is -2.28. The number of amides is 1. The summed E-state index contributed by atoms with van der Waals surface area (Å²) in [5.41, 5.74) is 2.03. The van der Waals surface area contributed by atoms with Crippen molar-refractivity contribution in [2.45, 2.75) is 31.8 Å². The largest absolute Gasteiger partial charge is 0.359 e. The van der Waals surface area contributed by atoms with E-state index >= 15 is 0 Å². The normalized spacial score (nSPS) is 23.9. The second-order valence-corrected chi connectivity index (χ2v) is 7.43. The Morgan fingerprint density at radius 2 is 1.85 bits per heavy atom. The molecule has 2 fully saturated rings. The van der Waals surface area contributed by atoms with E-state index in [0.29, 0.717) is 18.4 Å². The summed E-state index contributed by atoms with van der Waals surface area (Å²) >= 11 is 0. The van der Waals surface area contributed by atoms with Crippen LogP contribution < -0.4 is 10.2 Å². The van der Waals surface area contributed by atoms with Crippen LogP contribution in [0.15, 0.2) is 54.6 Å². The molecule has 2 aliphatic rings. The molecule has 27 heavy (non-hydrogen) atoms. The number of non-ortho nitro benzene ring substituents is 1. The first-order valence-electron chi connectivity index (χ1n) is 9.46. The van der Waals surface area contributed by atoms with Crippen LogP contribution in [0.3, 0.4) is 0 Å². The molecule has 2 aromatic rings. The Kier molecular flexibility index (Phi) is 4.79. The van der Waals surface area contributed by atoms with E-state index in [0.717, 1.165) is 30.6 Å². The maximum absolute atomic E-state index is 13.1. The van der Waals surface area contributed by atoms with Crippen molar-refractivity contribution < 1.29 is 9.72 Å². The second-order valence-electron chi connectivity index (χ2n) is 7.43. The molecule has 0 spiro atoms. The van der Waals surface area contributed by atoms with Crippen molar-refractivity contribution in [1.29, 1.82) is 0 Å². The van der Waals surface area contributed by atoms with E-state index in [9.17, 15) is 14.9 Å². The number of hydrogen-bond acceptors (Lipinski definition) is 4. The van der Waals surface area contributed by atoms with Gasteiger partial charge in [0, 0.05) is 30.9 Å². The van der Waals surface area contributed by atoms with Crippen molar-refractivity contribution >= 4 is 17.3 Å². The molecule has 6 heteroatoms. The van der Waals surface area contributed by atoms with E-state index in [-0.39, 0.29) is 17.6 Å². The lowest BCUT2D eigenvalue weighted by Crippen LogP contribution is -2.46. The lowest BCUT2D eigenvalue weighted by atomic mass is 9.93. The number of nitrogens with one attached hydrogen (secondary N) is 1. The number of fused-ring (bicyclic) bond motifs is 1. The molecule has 1 aliphatic carbocycles. The molecule has 0 aromatic heterocycles. The van der Waals surface area contributed by atoms with Crippen molar-refractivity contribution in [2.24, 2.45) is 11.8 Å². The summed E-state index contributed by atoms with van der Waals surface area (Å²) in [6, 6.07) is 16.2. The van der Waals surface area contributed by atoms with Gasteiger partial charge in [0.2, 0.25) is 5.91 Å². The fourth-order valence-corrected chi connectivity index (χ4v) is 4.56. The molecule has 1 aliphatic heterocycles. The first-order valence-corrected chi connectivity index (χ1v) is 9.46. The summed E-state index contributed by atoms with van der Waals surface area (Å²) in [5, 5.41) is 14.0. The Bertz CT molecular complexity index is 822. The number of benzene rings is 2. The number of nitro benzene ring substituents is 1. The van der Waals surface area contributed by atoms with Crippen LogP contribution in [0.25, 0.3) is 0 Å². The van der Waals surface area contributed by atoms with Crippen LogP contribution in [0, 0.1) is 22.0 Å². The zero-order valence-corrected chi connectivity index (χ0v) is 15.1. The van der Waals surface area contributed by atoms with E-state index in [1.807, 2.05) is 30.3 Å². The molecule has 1 heterocycles. The van der Waals surface area contributed by atoms with Gasteiger partial charge in [0.25, 0.3) is 5.69 Å². The zero-order chi connectivity index (χ0) is 18.8. The molecule has 1 amide bonds. The Morgan fingerprint density at radius 3 is 2.56 bits per heavy atom. The highest BCUT2D eigenvalue weighted by atomic mass is 16.6. The Hall–Kier alpha value is -2.89. The molecule has 140 valence electrons. The number of carbonyl (C=O) groups is 1. The van der Waals surface area contributed by atoms with Crippen molar-refractivity contribution in [1.82, 2.24) is 5.32 Å². The maximum atomic E-state index is 13.1. The average Bonchev–Trinajstić information content (AvgIpc) is 3.28. The fraction of sp³-hybridized carbons (Fsp3) is 0.381. The number of anilines is 1. The summed E-state index contributed by atoms with van der Waals surface area (Å²) in [6.07, 6.45) is 3.39. The minimum atomic E-state index is -0.396. The second kappa shape index (κ2) is 7.39. The quantitative estimate of drug-likeness (QED) is 0.650. The number of nitrogens with zero attached hydrogens (tertiary/aromatic N) is 2. The molecule has 4 rings (SSSR count). The van der Waals surface area contributed by atoms with E-state index in [1.165, 1.54) is 18.6 Å².